The lowest BCUT2D eigenvalue weighted by atomic mass is 10.1. The molecule has 0 aliphatic carbocycles. The largest absolute Gasteiger partial charge is 0.493 e. The van der Waals surface area contributed by atoms with Crippen LogP contribution in [0.1, 0.15) is 17.5 Å². The Morgan fingerprint density at radius 2 is 2.12 bits per heavy atom. The van der Waals surface area contributed by atoms with Crippen molar-refractivity contribution in [3.05, 3.63) is 42.0 Å². The van der Waals surface area contributed by atoms with Gasteiger partial charge in [0.2, 0.25) is 0 Å². The second-order valence-corrected chi connectivity index (χ2v) is 3.77. The minimum atomic E-state index is -0.392. The fourth-order valence-corrected chi connectivity index (χ4v) is 1.35. The van der Waals surface area contributed by atoms with E-state index in [2.05, 4.69) is 6.58 Å². The molecule has 0 N–H and O–H groups in total. The molecular weight excluding hydrogens is 216 g/mol. The van der Waals surface area contributed by atoms with E-state index in [0.717, 1.165) is 17.4 Å². The molecule has 0 heterocycles. The minimum Gasteiger partial charge on any atom is -0.493 e. The number of hydrogen-bond donors (Lipinski definition) is 0. The molecule has 1 aromatic rings. The highest BCUT2D eigenvalue weighted by atomic mass is 16.5. The molecule has 0 saturated carbocycles. The summed E-state index contributed by atoms with van der Waals surface area (Å²) in [6.45, 7) is 8.30. The molecule has 0 radical (unpaired) electrons. The predicted molar refractivity (Wildman–Crippen MR) is 67.2 cm³/mol. The molecule has 0 atom stereocenters. The van der Waals surface area contributed by atoms with Crippen molar-refractivity contribution >= 4 is 5.97 Å². The van der Waals surface area contributed by atoms with Crippen LogP contribution in [0.5, 0.6) is 5.75 Å². The van der Waals surface area contributed by atoms with Crippen LogP contribution >= 0.6 is 0 Å². The zero-order chi connectivity index (χ0) is 12.7. The van der Waals surface area contributed by atoms with E-state index in [1.165, 1.54) is 5.56 Å². The fraction of sp³-hybridized carbons (Fsp3) is 0.357. The highest BCUT2D eigenvalue weighted by Crippen LogP contribution is 2.20. The number of ether oxygens (including phenoxy) is 2. The van der Waals surface area contributed by atoms with Gasteiger partial charge in [0, 0.05) is 12.5 Å². The molecule has 0 fully saturated rings. The van der Waals surface area contributed by atoms with Crippen molar-refractivity contribution in [1.29, 1.82) is 0 Å². The number of benzene rings is 1. The molecule has 1 rings (SSSR count). The SMILES string of the molecule is C=CC(=O)OCCCOc1cccc(C)c1C. The van der Waals surface area contributed by atoms with Crippen LogP contribution in [-0.2, 0) is 9.53 Å². The Bertz CT molecular complexity index is 396. The van der Waals surface area contributed by atoms with E-state index in [1.807, 2.05) is 32.0 Å². The summed E-state index contributed by atoms with van der Waals surface area (Å²) in [5, 5.41) is 0. The Labute approximate surface area is 102 Å². The zero-order valence-electron chi connectivity index (χ0n) is 10.4. The van der Waals surface area contributed by atoms with Gasteiger partial charge >= 0.3 is 5.97 Å². The first-order chi connectivity index (χ1) is 8.15. The van der Waals surface area contributed by atoms with E-state index in [-0.39, 0.29) is 0 Å². The Morgan fingerprint density at radius 3 is 2.82 bits per heavy atom. The van der Waals surface area contributed by atoms with Crippen molar-refractivity contribution in [2.75, 3.05) is 13.2 Å². The molecule has 0 spiro atoms. The Kier molecular flexibility index (Phi) is 5.27. The zero-order valence-corrected chi connectivity index (χ0v) is 10.4. The van der Waals surface area contributed by atoms with Crippen molar-refractivity contribution in [2.45, 2.75) is 20.3 Å². The smallest absolute Gasteiger partial charge is 0.330 e. The number of hydrogen-bond acceptors (Lipinski definition) is 3. The van der Waals surface area contributed by atoms with Crippen LogP contribution in [-0.4, -0.2) is 19.2 Å². The lowest BCUT2D eigenvalue weighted by Crippen LogP contribution is -2.07. The molecular formula is C14H18O3. The lowest BCUT2D eigenvalue weighted by Gasteiger charge is -2.10. The molecule has 0 aromatic heterocycles. The average Bonchev–Trinajstić information content (AvgIpc) is 2.33. The summed E-state index contributed by atoms with van der Waals surface area (Å²) in [5.74, 6) is 0.497. The molecule has 0 unspecified atom stereocenters. The first-order valence-corrected chi connectivity index (χ1v) is 5.63. The maximum atomic E-state index is 10.8. The average molecular weight is 234 g/mol. The second-order valence-electron chi connectivity index (χ2n) is 3.77. The monoisotopic (exact) mass is 234 g/mol. The third-order valence-electron chi connectivity index (χ3n) is 2.51. The summed E-state index contributed by atoms with van der Waals surface area (Å²) in [4.78, 5) is 10.8. The third-order valence-corrected chi connectivity index (χ3v) is 2.51. The molecule has 17 heavy (non-hydrogen) atoms. The number of esters is 1. The molecule has 3 heteroatoms. The minimum absolute atomic E-state index is 0.357. The molecule has 0 aliphatic rings. The van der Waals surface area contributed by atoms with Gasteiger partial charge in [0.05, 0.1) is 13.2 Å². The Hall–Kier alpha value is -1.77. The summed E-state index contributed by atoms with van der Waals surface area (Å²) in [6.07, 6.45) is 1.83. The van der Waals surface area contributed by atoms with Crippen LogP contribution in [0.15, 0.2) is 30.9 Å². The first-order valence-electron chi connectivity index (χ1n) is 5.63. The van der Waals surface area contributed by atoms with E-state index in [0.29, 0.717) is 19.6 Å². The predicted octanol–water partition coefficient (Wildman–Crippen LogP) is 2.80. The number of carbonyl (C=O) groups is 1. The van der Waals surface area contributed by atoms with Gasteiger partial charge in [0.25, 0.3) is 0 Å². The van der Waals surface area contributed by atoms with Gasteiger partial charge in [-0.3, -0.25) is 0 Å². The Balaban J connectivity index is 2.29. The van der Waals surface area contributed by atoms with Crippen LogP contribution in [0.25, 0.3) is 0 Å². The summed E-state index contributed by atoms with van der Waals surface area (Å²) in [6, 6.07) is 5.96. The van der Waals surface area contributed by atoms with Gasteiger partial charge in [-0.15, -0.1) is 0 Å². The number of aryl methyl sites for hydroxylation is 1. The van der Waals surface area contributed by atoms with Crippen molar-refractivity contribution in [2.24, 2.45) is 0 Å². The Morgan fingerprint density at radius 1 is 1.35 bits per heavy atom. The van der Waals surface area contributed by atoms with Gasteiger partial charge in [-0.2, -0.15) is 0 Å². The normalized spacial score (nSPS) is 9.76. The highest BCUT2D eigenvalue weighted by molar-refractivity contribution is 5.81. The van der Waals surface area contributed by atoms with E-state index in [9.17, 15) is 4.79 Å². The van der Waals surface area contributed by atoms with Crippen molar-refractivity contribution < 1.29 is 14.3 Å². The molecule has 0 saturated heterocycles. The fourth-order valence-electron chi connectivity index (χ4n) is 1.35. The number of rotatable bonds is 6. The summed E-state index contributed by atoms with van der Waals surface area (Å²) in [7, 11) is 0. The quantitative estimate of drug-likeness (QED) is 0.431. The molecule has 0 bridgehead atoms. The van der Waals surface area contributed by atoms with E-state index >= 15 is 0 Å². The van der Waals surface area contributed by atoms with Crippen LogP contribution < -0.4 is 4.74 Å². The third kappa shape index (κ3) is 4.31. The van der Waals surface area contributed by atoms with Gasteiger partial charge < -0.3 is 9.47 Å². The van der Waals surface area contributed by atoms with E-state index < -0.39 is 5.97 Å². The highest BCUT2D eigenvalue weighted by Gasteiger charge is 2.01. The van der Waals surface area contributed by atoms with E-state index in [4.69, 9.17) is 9.47 Å². The number of carbonyl (C=O) groups excluding carboxylic acids is 1. The van der Waals surface area contributed by atoms with Crippen molar-refractivity contribution in [1.82, 2.24) is 0 Å². The van der Waals surface area contributed by atoms with Gasteiger partial charge in [-0.25, -0.2) is 4.79 Å². The lowest BCUT2D eigenvalue weighted by molar-refractivity contribution is -0.137. The standard InChI is InChI=1S/C14H18O3/c1-4-14(15)17-10-6-9-16-13-8-5-7-11(2)12(13)3/h4-5,7-8H,1,6,9-10H2,2-3H3. The molecule has 0 aliphatic heterocycles. The van der Waals surface area contributed by atoms with Crippen LogP contribution in [0.2, 0.25) is 0 Å². The van der Waals surface area contributed by atoms with Crippen molar-refractivity contribution in [3.8, 4) is 5.75 Å². The van der Waals surface area contributed by atoms with Gasteiger partial charge in [-0.1, -0.05) is 18.7 Å². The van der Waals surface area contributed by atoms with Crippen LogP contribution in [0, 0.1) is 13.8 Å². The topological polar surface area (TPSA) is 35.5 Å². The maximum Gasteiger partial charge on any atom is 0.330 e. The first kappa shape index (κ1) is 13.3. The summed E-state index contributed by atoms with van der Waals surface area (Å²) in [5.41, 5.74) is 2.36. The second kappa shape index (κ2) is 6.74. The van der Waals surface area contributed by atoms with Crippen LogP contribution in [0.3, 0.4) is 0 Å². The van der Waals surface area contributed by atoms with E-state index in [1.54, 1.807) is 0 Å². The molecule has 3 nitrogen and oxygen atoms in total. The molecule has 92 valence electrons. The van der Waals surface area contributed by atoms with Gasteiger partial charge in [-0.05, 0) is 31.0 Å². The van der Waals surface area contributed by atoms with Crippen molar-refractivity contribution in [3.63, 3.8) is 0 Å². The molecule has 1 aromatic carbocycles. The van der Waals surface area contributed by atoms with Gasteiger partial charge in [0.15, 0.2) is 0 Å². The maximum absolute atomic E-state index is 10.8. The summed E-state index contributed by atoms with van der Waals surface area (Å²) < 4.78 is 10.5. The summed E-state index contributed by atoms with van der Waals surface area (Å²) >= 11 is 0. The van der Waals surface area contributed by atoms with Crippen LogP contribution in [0.4, 0.5) is 0 Å². The van der Waals surface area contributed by atoms with Gasteiger partial charge in [0.1, 0.15) is 5.75 Å². The molecule has 0 amide bonds.